The van der Waals surface area contributed by atoms with Crippen LogP contribution >= 0.6 is 11.6 Å². The molecular weight excluding hydrogens is 380 g/mol. The van der Waals surface area contributed by atoms with Gasteiger partial charge in [-0.3, -0.25) is 0 Å². The lowest BCUT2D eigenvalue weighted by atomic mass is 10.0. The molecule has 0 amide bonds. The maximum Gasteiger partial charge on any atom is 0.0996 e. The summed E-state index contributed by atoms with van der Waals surface area (Å²) in [7, 11) is 0. The molecule has 2 aromatic heterocycles. The quantitative estimate of drug-likeness (QED) is 0.312. The Bertz CT molecular complexity index is 1470. The Morgan fingerprint density at radius 3 is 1.41 bits per heavy atom. The summed E-state index contributed by atoms with van der Waals surface area (Å²) in [6, 6.07) is 25.5. The molecule has 6 aromatic rings. The van der Waals surface area contributed by atoms with Gasteiger partial charge in [0.1, 0.15) is 0 Å². The van der Waals surface area contributed by atoms with E-state index in [9.17, 15) is 0 Å². The summed E-state index contributed by atoms with van der Waals surface area (Å²) in [6.45, 7) is 0. The molecule has 4 nitrogen and oxygen atoms in total. The average molecular weight is 393 g/mol. The number of benzene rings is 4. The summed E-state index contributed by atoms with van der Waals surface area (Å²) in [6.07, 6.45) is 0. The minimum absolute atomic E-state index is 0.686. The molecule has 0 aliphatic carbocycles. The second-order valence-electron chi connectivity index (χ2n) is 6.92. The van der Waals surface area contributed by atoms with E-state index in [-0.39, 0.29) is 0 Å². The molecule has 0 atom stereocenters. The van der Waals surface area contributed by atoms with Gasteiger partial charge in [0, 0.05) is 10.6 Å². The Hall–Kier alpha value is -3.63. The van der Waals surface area contributed by atoms with Crippen LogP contribution in [0.3, 0.4) is 0 Å². The van der Waals surface area contributed by atoms with Crippen molar-refractivity contribution in [3.05, 3.63) is 83.9 Å². The zero-order chi connectivity index (χ0) is 19.4. The topological polar surface area (TPSA) is 51.6 Å². The van der Waals surface area contributed by atoms with Crippen molar-refractivity contribution in [2.45, 2.75) is 0 Å². The van der Waals surface area contributed by atoms with Crippen molar-refractivity contribution in [1.82, 2.24) is 19.9 Å². The Labute approximate surface area is 170 Å². The molecule has 6 rings (SSSR count). The number of rotatable bonds is 1. The predicted octanol–water partition coefficient (Wildman–Crippen LogP) is 6.20. The maximum absolute atomic E-state index is 6.14. The standard InChI is InChI=1S/C24H13ClN4/c25-15-11-9-14(10-12-15)22-23-20(26-16-5-1-3-7-18(16)28-23)13-21-24(22)29-19-8-4-2-6-17(19)27-21/h1-13H. The van der Waals surface area contributed by atoms with E-state index >= 15 is 0 Å². The van der Waals surface area contributed by atoms with Crippen molar-refractivity contribution in [2.75, 3.05) is 0 Å². The van der Waals surface area contributed by atoms with Crippen molar-refractivity contribution in [1.29, 1.82) is 0 Å². The Morgan fingerprint density at radius 2 is 0.931 bits per heavy atom. The lowest BCUT2D eigenvalue weighted by Gasteiger charge is -2.11. The molecule has 0 saturated heterocycles. The van der Waals surface area contributed by atoms with E-state index < -0.39 is 0 Å². The second kappa shape index (κ2) is 6.19. The largest absolute Gasteiger partial charge is 0.244 e. The van der Waals surface area contributed by atoms with Gasteiger partial charge in [0.15, 0.2) is 0 Å². The van der Waals surface area contributed by atoms with E-state index in [1.54, 1.807) is 0 Å². The highest BCUT2D eigenvalue weighted by Crippen LogP contribution is 2.35. The van der Waals surface area contributed by atoms with Gasteiger partial charge in [0.25, 0.3) is 0 Å². The molecular formula is C24H13ClN4. The van der Waals surface area contributed by atoms with E-state index in [1.807, 2.05) is 78.9 Å². The fourth-order valence-electron chi connectivity index (χ4n) is 3.73. The number of nitrogens with zero attached hydrogens (tertiary/aromatic N) is 4. The Kier molecular flexibility index (Phi) is 3.49. The number of hydrogen-bond acceptors (Lipinski definition) is 4. The summed E-state index contributed by atoms with van der Waals surface area (Å²) < 4.78 is 0. The molecule has 0 aliphatic rings. The van der Waals surface area contributed by atoms with Crippen LogP contribution in [0.1, 0.15) is 0 Å². The van der Waals surface area contributed by atoms with Crippen molar-refractivity contribution in [3.63, 3.8) is 0 Å². The third-order valence-corrected chi connectivity index (χ3v) is 5.33. The van der Waals surface area contributed by atoms with E-state index in [0.717, 1.165) is 55.3 Å². The first-order valence-electron chi connectivity index (χ1n) is 9.28. The minimum Gasteiger partial charge on any atom is -0.244 e. The van der Waals surface area contributed by atoms with Crippen LogP contribution in [-0.4, -0.2) is 19.9 Å². The molecule has 29 heavy (non-hydrogen) atoms. The van der Waals surface area contributed by atoms with Crippen LogP contribution < -0.4 is 0 Å². The third kappa shape index (κ3) is 2.61. The zero-order valence-corrected chi connectivity index (χ0v) is 15.9. The van der Waals surface area contributed by atoms with Gasteiger partial charge in [0.2, 0.25) is 0 Å². The molecule has 136 valence electrons. The van der Waals surface area contributed by atoms with E-state index in [0.29, 0.717) is 5.02 Å². The fourth-order valence-corrected chi connectivity index (χ4v) is 3.85. The van der Waals surface area contributed by atoms with Crippen LogP contribution in [0.25, 0.3) is 55.3 Å². The fraction of sp³-hybridized carbons (Fsp3) is 0. The highest BCUT2D eigenvalue weighted by atomic mass is 35.5. The number of fused-ring (bicyclic) bond motifs is 4. The SMILES string of the molecule is Clc1ccc(-c2c3nc4ccccc4nc3cc3nc4ccccc4nc23)cc1. The third-order valence-electron chi connectivity index (χ3n) is 5.07. The van der Waals surface area contributed by atoms with Crippen LogP contribution in [-0.2, 0) is 0 Å². The molecule has 0 unspecified atom stereocenters. The van der Waals surface area contributed by atoms with Gasteiger partial charge < -0.3 is 0 Å². The van der Waals surface area contributed by atoms with E-state index in [2.05, 4.69) is 0 Å². The van der Waals surface area contributed by atoms with Gasteiger partial charge in [-0.2, -0.15) is 0 Å². The van der Waals surface area contributed by atoms with Gasteiger partial charge in [-0.15, -0.1) is 0 Å². The van der Waals surface area contributed by atoms with Crippen LogP contribution in [0, 0.1) is 0 Å². The van der Waals surface area contributed by atoms with E-state index in [4.69, 9.17) is 31.5 Å². The maximum atomic E-state index is 6.14. The first-order chi connectivity index (χ1) is 14.3. The summed E-state index contributed by atoms with van der Waals surface area (Å²) in [4.78, 5) is 19.6. The molecule has 0 fully saturated rings. The minimum atomic E-state index is 0.686. The molecule has 0 spiro atoms. The number of hydrogen-bond donors (Lipinski definition) is 0. The summed E-state index contributed by atoms with van der Waals surface area (Å²) in [5.74, 6) is 0. The number of para-hydroxylation sites is 4. The highest BCUT2D eigenvalue weighted by Gasteiger charge is 2.16. The number of aromatic nitrogens is 4. The zero-order valence-electron chi connectivity index (χ0n) is 15.2. The van der Waals surface area contributed by atoms with Crippen LogP contribution in [0.15, 0.2) is 78.9 Å². The molecule has 5 heteroatoms. The van der Waals surface area contributed by atoms with Crippen molar-refractivity contribution >= 4 is 55.7 Å². The van der Waals surface area contributed by atoms with Gasteiger partial charge in [0.05, 0.1) is 44.1 Å². The molecule has 0 N–H and O–H groups in total. The van der Waals surface area contributed by atoms with Gasteiger partial charge in [-0.1, -0.05) is 48.0 Å². The molecule has 0 bridgehead atoms. The predicted molar refractivity (Wildman–Crippen MR) is 118 cm³/mol. The van der Waals surface area contributed by atoms with Crippen molar-refractivity contribution in [2.24, 2.45) is 0 Å². The monoisotopic (exact) mass is 392 g/mol. The first-order valence-corrected chi connectivity index (χ1v) is 9.66. The summed E-state index contributed by atoms with van der Waals surface area (Å²) in [5.41, 5.74) is 8.53. The van der Waals surface area contributed by atoms with Crippen LogP contribution in [0.5, 0.6) is 0 Å². The molecule has 0 radical (unpaired) electrons. The molecule has 2 heterocycles. The molecule has 4 aromatic carbocycles. The first kappa shape index (κ1) is 16.3. The summed E-state index contributed by atoms with van der Waals surface area (Å²) in [5, 5.41) is 0.686. The lowest BCUT2D eigenvalue weighted by Crippen LogP contribution is -1.96. The Balaban J connectivity index is 1.84. The molecule has 0 aliphatic heterocycles. The summed E-state index contributed by atoms with van der Waals surface area (Å²) >= 11 is 6.14. The lowest BCUT2D eigenvalue weighted by molar-refractivity contribution is 1.36. The van der Waals surface area contributed by atoms with Crippen molar-refractivity contribution in [3.8, 4) is 11.1 Å². The Morgan fingerprint density at radius 1 is 0.483 bits per heavy atom. The smallest absolute Gasteiger partial charge is 0.0996 e. The van der Waals surface area contributed by atoms with Crippen LogP contribution in [0.2, 0.25) is 5.02 Å². The highest BCUT2D eigenvalue weighted by molar-refractivity contribution is 6.30. The average Bonchev–Trinajstić information content (AvgIpc) is 2.75. The van der Waals surface area contributed by atoms with Crippen LogP contribution in [0.4, 0.5) is 0 Å². The van der Waals surface area contributed by atoms with Gasteiger partial charge in [-0.25, -0.2) is 19.9 Å². The molecule has 0 saturated carbocycles. The van der Waals surface area contributed by atoms with Gasteiger partial charge in [-0.05, 0) is 48.0 Å². The second-order valence-corrected chi connectivity index (χ2v) is 7.36. The van der Waals surface area contributed by atoms with E-state index in [1.165, 1.54) is 0 Å². The van der Waals surface area contributed by atoms with Crippen molar-refractivity contribution < 1.29 is 0 Å². The number of halogens is 1. The van der Waals surface area contributed by atoms with Gasteiger partial charge >= 0.3 is 0 Å². The normalized spacial score (nSPS) is 11.6.